The molecule has 1 radical (unpaired) electrons. The minimum Gasteiger partial charge on any atom is -0.0654 e. The molecule has 0 aromatic carbocycles. The Bertz CT molecular complexity index is 124. The molecule has 2 heteroatoms. The van der Waals surface area contributed by atoms with Crippen LogP contribution in [0.5, 0.6) is 0 Å². The smallest absolute Gasteiger partial charge is 0.0533 e. The van der Waals surface area contributed by atoms with Crippen molar-refractivity contribution in [3.8, 4) is 0 Å². The zero-order valence-electron chi connectivity index (χ0n) is 13.4. The fraction of sp³-hybridized carbons (Fsp3) is 0.938. The molecule has 18 heavy (non-hydrogen) atoms. The third kappa shape index (κ3) is 15.1. The summed E-state index contributed by atoms with van der Waals surface area (Å²) in [5.74, 6) is 0. The minimum absolute atomic E-state index is 1.07. The van der Waals surface area contributed by atoms with Gasteiger partial charge in [0.05, 0.1) is 0 Å². The van der Waals surface area contributed by atoms with Gasteiger partial charge in [-0.15, -0.1) is 0 Å². The second kappa shape index (κ2) is 16.1. The van der Waals surface area contributed by atoms with Crippen molar-refractivity contribution in [1.29, 1.82) is 0 Å². The summed E-state index contributed by atoms with van der Waals surface area (Å²) in [6.45, 7) is 12.6. The van der Waals surface area contributed by atoms with E-state index >= 15 is 0 Å². The van der Waals surface area contributed by atoms with Crippen molar-refractivity contribution in [3.63, 3.8) is 0 Å². The van der Waals surface area contributed by atoms with Gasteiger partial charge in [0.1, 0.15) is 0 Å². The molecule has 0 nitrogen and oxygen atoms in total. The molecular weight excluding hydrogens is 346 g/mol. The van der Waals surface area contributed by atoms with E-state index in [1.807, 2.05) is 0 Å². The Morgan fingerprint density at radius 3 is 1.17 bits per heavy atom. The number of hydrogen-bond donors (Lipinski definition) is 0. The van der Waals surface area contributed by atoms with Gasteiger partial charge in [0.2, 0.25) is 0 Å². The molecule has 0 aromatic rings. The van der Waals surface area contributed by atoms with Gasteiger partial charge in [-0.25, -0.2) is 0 Å². The van der Waals surface area contributed by atoms with Crippen LogP contribution in [0, 0.1) is 6.92 Å². The predicted octanol–water partition coefficient (Wildman–Crippen LogP) is 7.19. The third-order valence-electron chi connectivity index (χ3n) is 3.29. The fourth-order valence-electron chi connectivity index (χ4n) is 1.86. The monoisotopic (exact) mass is 383 g/mol. The Labute approximate surface area is 125 Å². The first-order valence-electron chi connectivity index (χ1n) is 8.08. The topological polar surface area (TPSA) is 0 Å². The number of rotatable bonds is 10. The van der Waals surface area contributed by atoms with E-state index in [2.05, 4.69) is 34.6 Å². The molecule has 0 fully saturated rings. The van der Waals surface area contributed by atoms with Gasteiger partial charge in [0.25, 0.3) is 0 Å². The van der Waals surface area contributed by atoms with Gasteiger partial charge in [0.15, 0.2) is 0 Å². The average molecular weight is 383 g/mol. The third-order valence-corrected chi connectivity index (χ3v) is 17.8. The van der Waals surface area contributed by atoms with Crippen molar-refractivity contribution in [1.82, 2.24) is 0 Å². The van der Waals surface area contributed by atoms with E-state index in [4.69, 9.17) is 8.92 Å². The van der Waals surface area contributed by atoms with Crippen LogP contribution in [0.15, 0.2) is 0 Å². The number of hydrogen-bond acceptors (Lipinski definition) is 0. The average Bonchev–Trinajstić information content (AvgIpc) is 2.41. The van der Waals surface area contributed by atoms with Gasteiger partial charge >= 0.3 is 98.8 Å². The van der Waals surface area contributed by atoms with Crippen LogP contribution in [0.2, 0.25) is 13.3 Å². The van der Waals surface area contributed by atoms with Gasteiger partial charge in [-0.05, 0) is 0 Å². The standard InChI is InChI=1S/4C4H9.ClH.Sn/c4*1-3-4-2;;/h4*1,3-4H2,2H3;1H;/q;;;;;+1/p-1. The summed E-state index contributed by atoms with van der Waals surface area (Å²) in [5.41, 5.74) is 0. The Morgan fingerprint density at radius 1 is 0.722 bits per heavy atom. The van der Waals surface area contributed by atoms with E-state index in [1.54, 1.807) is 0 Å². The number of halogens is 1. The van der Waals surface area contributed by atoms with Gasteiger partial charge in [0, 0.05) is 0 Å². The van der Waals surface area contributed by atoms with Crippen molar-refractivity contribution >= 4 is 26.2 Å². The molecule has 0 saturated carbocycles. The predicted molar refractivity (Wildman–Crippen MR) is 91.0 cm³/mol. The van der Waals surface area contributed by atoms with Crippen LogP contribution in [0.25, 0.3) is 0 Å². The molecule has 0 heterocycles. The largest absolute Gasteiger partial charge is 0.0654 e. The summed E-state index contributed by atoms with van der Waals surface area (Å²) in [4.78, 5) is 0. The molecular formula is C16H36ClSn. The summed E-state index contributed by atoms with van der Waals surface area (Å²) in [5, 5.41) is 0. The maximum atomic E-state index is 6.89. The van der Waals surface area contributed by atoms with Gasteiger partial charge < -0.3 is 0 Å². The second-order valence-corrected chi connectivity index (χ2v) is 21.5. The summed E-state index contributed by atoms with van der Waals surface area (Å²) < 4.78 is 4.27. The molecule has 0 aliphatic carbocycles. The van der Waals surface area contributed by atoms with Crippen LogP contribution >= 0.6 is 8.92 Å². The molecule has 0 aliphatic rings. The first kappa shape index (κ1) is 21.4. The van der Waals surface area contributed by atoms with E-state index in [1.165, 1.54) is 58.3 Å². The molecule has 0 amide bonds. The van der Waals surface area contributed by atoms with Crippen LogP contribution in [0.4, 0.5) is 0 Å². The first-order chi connectivity index (χ1) is 8.60. The SMILES string of the molecule is CCC[CH2][Sn]([Cl])([CH2]CCC)[CH2]CCC.[CH2]CCC. The van der Waals surface area contributed by atoms with E-state index in [-0.39, 0.29) is 0 Å². The van der Waals surface area contributed by atoms with Gasteiger partial charge in [-0.2, -0.15) is 0 Å². The van der Waals surface area contributed by atoms with Crippen LogP contribution in [0.3, 0.4) is 0 Å². The molecule has 0 atom stereocenters. The van der Waals surface area contributed by atoms with Crippen molar-refractivity contribution in [2.75, 3.05) is 0 Å². The van der Waals surface area contributed by atoms with Crippen LogP contribution in [0.1, 0.15) is 79.1 Å². The van der Waals surface area contributed by atoms with Gasteiger partial charge in [-0.3, -0.25) is 0 Å². The summed E-state index contributed by atoms with van der Waals surface area (Å²) in [6.07, 6.45) is 10.4. The van der Waals surface area contributed by atoms with E-state index in [0.29, 0.717) is 0 Å². The van der Waals surface area contributed by atoms with Crippen molar-refractivity contribution in [2.24, 2.45) is 0 Å². The quantitative estimate of drug-likeness (QED) is 0.351. The van der Waals surface area contributed by atoms with Crippen LogP contribution in [-0.4, -0.2) is 17.3 Å². The normalized spacial score (nSPS) is 11.0. The zero-order chi connectivity index (χ0) is 14.3. The van der Waals surface area contributed by atoms with E-state index in [0.717, 1.165) is 6.42 Å². The molecule has 0 bridgehead atoms. The Balaban J connectivity index is 0. The molecule has 0 N–H and O–H groups in total. The Kier molecular flexibility index (Phi) is 19.2. The first-order valence-corrected chi connectivity index (χ1v) is 17.7. The second-order valence-electron chi connectivity index (χ2n) is 5.32. The van der Waals surface area contributed by atoms with E-state index in [9.17, 15) is 0 Å². The molecule has 0 spiro atoms. The van der Waals surface area contributed by atoms with Gasteiger partial charge in [-0.1, -0.05) is 26.7 Å². The van der Waals surface area contributed by atoms with Crippen LogP contribution < -0.4 is 0 Å². The molecule has 0 aromatic heterocycles. The molecule has 111 valence electrons. The summed E-state index contributed by atoms with van der Waals surface area (Å²) in [7, 11) is 6.89. The minimum atomic E-state index is -2.09. The van der Waals surface area contributed by atoms with E-state index < -0.39 is 17.3 Å². The summed E-state index contributed by atoms with van der Waals surface area (Å²) >= 11 is -2.09. The fourth-order valence-corrected chi connectivity index (χ4v) is 15.1. The maximum absolute atomic E-state index is 6.89. The molecule has 0 aliphatic heterocycles. The van der Waals surface area contributed by atoms with Crippen molar-refractivity contribution < 1.29 is 0 Å². The van der Waals surface area contributed by atoms with Crippen molar-refractivity contribution in [2.45, 2.75) is 92.4 Å². The molecule has 0 rings (SSSR count). The Hall–Kier alpha value is 1.09. The number of unbranched alkanes of at least 4 members (excludes halogenated alkanes) is 4. The maximum Gasteiger partial charge on any atom is -0.0533 e. The zero-order valence-corrected chi connectivity index (χ0v) is 17.0. The summed E-state index contributed by atoms with van der Waals surface area (Å²) in [6, 6.07) is 0. The van der Waals surface area contributed by atoms with Crippen molar-refractivity contribution in [3.05, 3.63) is 6.92 Å². The molecule has 0 saturated heterocycles. The molecule has 0 unspecified atom stereocenters. The Morgan fingerprint density at radius 2 is 1.00 bits per heavy atom. The van der Waals surface area contributed by atoms with Crippen LogP contribution in [-0.2, 0) is 0 Å².